The third-order valence-corrected chi connectivity index (χ3v) is 4.82. The molecule has 2 aromatic carbocycles. The summed E-state index contributed by atoms with van der Waals surface area (Å²) in [5, 5.41) is 10.2. The van der Waals surface area contributed by atoms with Crippen LogP contribution in [0.5, 0.6) is 0 Å². The highest BCUT2D eigenvalue weighted by Gasteiger charge is 2.35. The number of aryl methyl sites for hydroxylation is 3. The molecule has 110 valence electrons. The Hall–Kier alpha value is -1.60. The van der Waals surface area contributed by atoms with Crippen LogP contribution in [0.4, 0.5) is 0 Å². The number of hydrogen-bond acceptors (Lipinski definition) is 1. The highest BCUT2D eigenvalue weighted by molar-refractivity contribution is 5.40. The molecule has 3 rings (SSSR count). The Morgan fingerprint density at radius 3 is 2.48 bits per heavy atom. The lowest BCUT2D eigenvalue weighted by Gasteiger charge is -2.38. The first-order valence-electron chi connectivity index (χ1n) is 7.89. The smallest absolute Gasteiger partial charge is 0.0531 e. The second-order valence-corrected chi connectivity index (χ2v) is 6.62. The number of rotatable bonds is 3. The molecule has 0 aromatic heterocycles. The van der Waals surface area contributed by atoms with Crippen molar-refractivity contribution in [1.82, 2.24) is 0 Å². The molecule has 0 saturated heterocycles. The Balaban J connectivity index is 2.02. The van der Waals surface area contributed by atoms with E-state index < -0.39 is 0 Å². The Kier molecular flexibility index (Phi) is 3.86. The van der Waals surface area contributed by atoms with Gasteiger partial charge in [-0.2, -0.15) is 0 Å². The molecular formula is C20H24O. The molecule has 1 nitrogen and oxygen atoms in total. The van der Waals surface area contributed by atoms with Gasteiger partial charge in [0, 0.05) is 5.41 Å². The average Bonchev–Trinajstić information content (AvgIpc) is 2.46. The second-order valence-electron chi connectivity index (χ2n) is 6.62. The topological polar surface area (TPSA) is 20.2 Å². The molecule has 1 heteroatoms. The minimum atomic E-state index is -0.102. The largest absolute Gasteiger partial charge is 0.395 e. The van der Waals surface area contributed by atoms with Crippen LogP contribution in [0.3, 0.4) is 0 Å². The van der Waals surface area contributed by atoms with Crippen LogP contribution in [0.15, 0.2) is 42.5 Å². The van der Waals surface area contributed by atoms with E-state index in [4.69, 9.17) is 0 Å². The van der Waals surface area contributed by atoms with Gasteiger partial charge in [0.2, 0.25) is 0 Å². The molecule has 0 radical (unpaired) electrons. The Morgan fingerprint density at radius 2 is 1.76 bits per heavy atom. The molecule has 0 amide bonds. The van der Waals surface area contributed by atoms with Crippen molar-refractivity contribution in [3.05, 3.63) is 70.3 Å². The molecule has 1 aliphatic rings. The lowest BCUT2D eigenvalue weighted by Crippen LogP contribution is -2.37. The first-order valence-corrected chi connectivity index (χ1v) is 7.89. The minimum Gasteiger partial charge on any atom is -0.395 e. The van der Waals surface area contributed by atoms with E-state index in [1.165, 1.54) is 34.2 Å². The summed E-state index contributed by atoms with van der Waals surface area (Å²) in [6.07, 6.45) is 4.32. The zero-order valence-corrected chi connectivity index (χ0v) is 13.0. The monoisotopic (exact) mass is 280 g/mol. The zero-order valence-electron chi connectivity index (χ0n) is 13.0. The van der Waals surface area contributed by atoms with Crippen LogP contribution in [0.25, 0.3) is 0 Å². The van der Waals surface area contributed by atoms with Crippen molar-refractivity contribution in [2.75, 3.05) is 6.61 Å². The van der Waals surface area contributed by atoms with Gasteiger partial charge in [-0.25, -0.2) is 0 Å². The van der Waals surface area contributed by atoms with Crippen LogP contribution < -0.4 is 0 Å². The van der Waals surface area contributed by atoms with Crippen LogP contribution in [-0.2, 0) is 18.3 Å². The number of benzene rings is 2. The lowest BCUT2D eigenvalue weighted by atomic mass is 9.67. The lowest BCUT2D eigenvalue weighted by molar-refractivity contribution is 0.173. The molecule has 2 aromatic rings. The van der Waals surface area contributed by atoms with Gasteiger partial charge in [-0.05, 0) is 56.2 Å². The summed E-state index contributed by atoms with van der Waals surface area (Å²) in [4.78, 5) is 0. The SMILES string of the molecule is Cc1cc(C)cc(CC2(CO)CCCc3ccccc32)c1. The maximum absolute atomic E-state index is 10.2. The van der Waals surface area contributed by atoms with Gasteiger partial charge in [0.1, 0.15) is 0 Å². The van der Waals surface area contributed by atoms with E-state index in [1.807, 2.05) is 0 Å². The van der Waals surface area contributed by atoms with Crippen molar-refractivity contribution in [3.63, 3.8) is 0 Å². The molecule has 0 spiro atoms. The molecule has 21 heavy (non-hydrogen) atoms. The molecule has 1 unspecified atom stereocenters. The first-order chi connectivity index (χ1) is 10.1. The average molecular weight is 280 g/mol. The number of aliphatic hydroxyl groups is 1. The molecule has 1 aliphatic carbocycles. The zero-order chi connectivity index (χ0) is 14.9. The van der Waals surface area contributed by atoms with E-state index in [-0.39, 0.29) is 12.0 Å². The quantitative estimate of drug-likeness (QED) is 0.897. The normalized spacial score (nSPS) is 21.1. The van der Waals surface area contributed by atoms with Crippen LogP contribution >= 0.6 is 0 Å². The molecular weight excluding hydrogens is 256 g/mol. The minimum absolute atomic E-state index is 0.102. The summed E-state index contributed by atoms with van der Waals surface area (Å²) >= 11 is 0. The van der Waals surface area contributed by atoms with Crippen molar-refractivity contribution >= 4 is 0 Å². The predicted octanol–water partition coefficient (Wildman–Crippen LogP) is 4.11. The van der Waals surface area contributed by atoms with Crippen molar-refractivity contribution < 1.29 is 5.11 Å². The van der Waals surface area contributed by atoms with Gasteiger partial charge in [0.25, 0.3) is 0 Å². The molecule has 0 aliphatic heterocycles. The van der Waals surface area contributed by atoms with Crippen LogP contribution in [0.2, 0.25) is 0 Å². The van der Waals surface area contributed by atoms with Crippen LogP contribution in [-0.4, -0.2) is 11.7 Å². The second kappa shape index (κ2) is 5.65. The number of aliphatic hydroxyl groups excluding tert-OH is 1. The van der Waals surface area contributed by atoms with Gasteiger partial charge < -0.3 is 5.11 Å². The standard InChI is InChI=1S/C20H24O/c1-15-10-16(2)12-17(11-15)13-20(14-21)9-5-7-18-6-3-4-8-19(18)20/h3-4,6,8,10-12,21H,5,7,9,13-14H2,1-2H3. The maximum Gasteiger partial charge on any atom is 0.0531 e. The first kappa shape index (κ1) is 14.3. The Bertz CT molecular complexity index is 624. The fourth-order valence-electron chi connectivity index (χ4n) is 3.97. The van der Waals surface area contributed by atoms with Gasteiger partial charge in [-0.3, -0.25) is 0 Å². The molecule has 0 bridgehead atoms. The molecule has 1 N–H and O–H groups in total. The van der Waals surface area contributed by atoms with E-state index in [2.05, 4.69) is 56.3 Å². The van der Waals surface area contributed by atoms with Gasteiger partial charge in [0.05, 0.1) is 6.61 Å². The summed E-state index contributed by atoms with van der Waals surface area (Å²) < 4.78 is 0. The van der Waals surface area contributed by atoms with Crippen molar-refractivity contribution in [2.24, 2.45) is 0 Å². The molecule has 0 saturated carbocycles. The highest BCUT2D eigenvalue weighted by atomic mass is 16.3. The van der Waals surface area contributed by atoms with E-state index in [9.17, 15) is 5.11 Å². The summed E-state index contributed by atoms with van der Waals surface area (Å²) in [6, 6.07) is 15.4. The summed E-state index contributed by atoms with van der Waals surface area (Å²) in [7, 11) is 0. The van der Waals surface area contributed by atoms with E-state index >= 15 is 0 Å². The maximum atomic E-state index is 10.2. The predicted molar refractivity (Wildman–Crippen MR) is 87.8 cm³/mol. The highest BCUT2D eigenvalue weighted by Crippen LogP contribution is 2.39. The molecule has 0 heterocycles. The van der Waals surface area contributed by atoms with Crippen LogP contribution in [0.1, 0.15) is 40.7 Å². The third kappa shape index (κ3) is 2.75. The van der Waals surface area contributed by atoms with Gasteiger partial charge >= 0.3 is 0 Å². The summed E-state index contributed by atoms with van der Waals surface area (Å²) in [5.74, 6) is 0. The van der Waals surface area contributed by atoms with Gasteiger partial charge in [-0.15, -0.1) is 0 Å². The van der Waals surface area contributed by atoms with Gasteiger partial charge in [-0.1, -0.05) is 53.6 Å². The molecule has 0 fully saturated rings. The third-order valence-electron chi connectivity index (χ3n) is 4.82. The van der Waals surface area contributed by atoms with Crippen molar-refractivity contribution in [1.29, 1.82) is 0 Å². The Labute approximate surface area is 127 Å². The van der Waals surface area contributed by atoms with Crippen molar-refractivity contribution in [2.45, 2.75) is 44.9 Å². The van der Waals surface area contributed by atoms with E-state index in [1.54, 1.807) is 0 Å². The fourth-order valence-corrected chi connectivity index (χ4v) is 3.97. The van der Waals surface area contributed by atoms with Crippen LogP contribution in [0, 0.1) is 13.8 Å². The van der Waals surface area contributed by atoms with Crippen molar-refractivity contribution in [3.8, 4) is 0 Å². The summed E-state index contributed by atoms with van der Waals surface area (Å²) in [6.45, 7) is 4.53. The van der Waals surface area contributed by atoms with E-state index in [0.717, 1.165) is 19.3 Å². The van der Waals surface area contributed by atoms with E-state index in [0.29, 0.717) is 0 Å². The Morgan fingerprint density at radius 1 is 1.05 bits per heavy atom. The van der Waals surface area contributed by atoms with Gasteiger partial charge in [0.15, 0.2) is 0 Å². The molecule has 1 atom stereocenters. The number of hydrogen-bond donors (Lipinski definition) is 1. The summed E-state index contributed by atoms with van der Waals surface area (Å²) in [5.41, 5.74) is 6.64. The number of fused-ring (bicyclic) bond motifs is 1. The fraction of sp³-hybridized carbons (Fsp3) is 0.400.